The third-order valence-electron chi connectivity index (χ3n) is 5.00. The number of aliphatic hydroxyl groups is 2. The van der Waals surface area contributed by atoms with Gasteiger partial charge < -0.3 is 19.7 Å². The number of fused-ring (bicyclic) bond motifs is 2. The maximum absolute atomic E-state index is 10.2. The highest BCUT2D eigenvalue weighted by molar-refractivity contribution is 5.30. The molecule has 1 heterocycles. The maximum atomic E-state index is 10.2. The van der Waals surface area contributed by atoms with Gasteiger partial charge in [0.1, 0.15) is 5.60 Å². The van der Waals surface area contributed by atoms with E-state index in [0.717, 1.165) is 19.3 Å². The van der Waals surface area contributed by atoms with Gasteiger partial charge in [-0.3, -0.25) is 0 Å². The van der Waals surface area contributed by atoms with Gasteiger partial charge in [-0.1, -0.05) is 18.6 Å². The zero-order valence-electron chi connectivity index (χ0n) is 11.1. The van der Waals surface area contributed by atoms with E-state index in [1.54, 1.807) is 6.92 Å². The van der Waals surface area contributed by atoms with Gasteiger partial charge in [0.15, 0.2) is 5.79 Å². The van der Waals surface area contributed by atoms with Crippen LogP contribution in [-0.2, 0) is 9.47 Å². The average molecular weight is 254 g/mol. The van der Waals surface area contributed by atoms with Gasteiger partial charge in [0.2, 0.25) is 0 Å². The summed E-state index contributed by atoms with van der Waals surface area (Å²) < 4.78 is 11.8. The Bertz CT molecular complexity index is 381. The van der Waals surface area contributed by atoms with Gasteiger partial charge in [0, 0.05) is 11.8 Å². The molecular weight excluding hydrogens is 232 g/mol. The van der Waals surface area contributed by atoms with Gasteiger partial charge in [-0.15, -0.1) is 0 Å². The number of aliphatic hydroxyl groups excluding tert-OH is 1. The number of ether oxygens (including phenoxy) is 2. The lowest BCUT2D eigenvalue weighted by Gasteiger charge is -2.54. The summed E-state index contributed by atoms with van der Waals surface area (Å²) >= 11 is 0. The first-order valence-corrected chi connectivity index (χ1v) is 6.80. The second-order valence-electron chi connectivity index (χ2n) is 6.25. The minimum absolute atomic E-state index is 0.316. The summed E-state index contributed by atoms with van der Waals surface area (Å²) in [6.45, 7) is 5.01. The molecule has 2 N–H and O–H groups in total. The Morgan fingerprint density at radius 3 is 2.61 bits per heavy atom. The van der Waals surface area contributed by atoms with Crippen molar-refractivity contribution in [1.82, 2.24) is 0 Å². The molecule has 2 unspecified atom stereocenters. The smallest absolute Gasteiger partial charge is 0.177 e. The largest absolute Gasteiger partial charge is 0.390 e. The summed E-state index contributed by atoms with van der Waals surface area (Å²) in [6, 6.07) is 0. The van der Waals surface area contributed by atoms with Crippen molar-refractivity contribution in [3.05, 3.63) is 11.6 Å². The Kier molecular flexibility index (Phi) is 2.66. The lowest BCUT2D eigenvalue weighted by molar-refractivity contribution is -0.249. The van der Waals surface area contributed by atoms with Crippen LogP contribution in [0.2, 0.25) is 0 Å². The zero-order valence-corrected chi connectivity index (χ0v) is 11.1. The fourth-order valence-corrected chi connectivity index (χ4v) is 3.79. The molecule has 2 aliphatic carbocycles. The number of rotatable bonds is 0. The molecule has 1 spiro atoms. The maximum Gasteiger partial charge on any atom is 0.177 e. The van der Waals surface area contributed by atoms with E-state index >= 15 is 0 Å². The second kappa shape index (κ2) is 3.79. The van der Waals surface area contributed by atoms with Gasteiger partial charge >= 0.3 is 0 Å². The normalized spacial score (nSPS) is 46.9. The van der Waals surface area contributed by atoms with Crippen LogP contribution in [0.3, 0.4) is 0 Å². The number of hydrogen-bond donors (Lipinski definition) is 2. The topological polar surface area (TPSA) is 58.9 Å². The lowest BCUT2D eigenvalue weighted by Crippen LogP contribution is -2.58. The molecule has 0 aromatic heterocycles. The van der Waals surface area contributed by atoms with E-state index < -0.39 is 17.5 Å². The van der Waals surface area contributed by atoms with Crippen molar-refractivity contribution < 1.29 is 19.7 Å². The Morgan fingerprint density at radius 1 is 1.28 bits per heavy atom. The first kappa shape index (κ1) is 12.6. The van der Waals surface area contributed by atoms with Gasteiger partial charge in [-0.2, -0.15) is 0 Å². The molecule has 0 aromatic rings. The minimum Gasteiger partial charge on any atom is -0.390 e. The average Bonchev–Trinajstić information content (AvgIpc) is 2.74. The van der Waals surface area contributed by atoms with E-state index in [1.165, 1.54) is 5.57 Å². The molecule has 3 rings (SSSR count). The van der Waals surface area contributed by atoms with E-state index in [-0.39, 0.29) is 5.41 Å². The highest BCUT2D eigenvalue weighted by Crippen LogP contribution is 2.57. The van der Waals surface area contributed by atoms with Gasteiger partial charge in [-0.05, 0) is 26.2 Å². The van der Waals surface area contributed by atoms with E-state index in [2.05, 4.69) is 6.92 Å². The summed E-state index contributed by atoms with van der Waals surface area (Å²) in [5.41, 5.74) is -0.277. The molecule has 2 fully saturated rings. The van der Waals surface area contributed by atoms with Gasteiger partial charge in [0.05, 0.1) is 19.3 Å². The molecule has 0 aromatic carbocycles. The van der Waals surface area contributed by atoms with Crippen molar-refractivity contribution in [3.63, 3.8) is 0 Å². The third-order valence-corrected chi connectivity index (χ3v) is 5.00. The first-order chi connectivity index (χ1) is 8.40. The standard InChI is InChI=1S/C14H22O4/c1-12-9-11(15)13(2,16)8-10(12)4-3-5-14(12)17-6-7-18-14/h8,11,15-16H,3-7,9H2,1-2H3/t11?,12-,13?/m0/s1. The van der Waals surface area contributed by atoms with Crippen molar-refractivity contribution in [2.45, 2.75) is 57.0 Å². The van der Waals surface area contributed by atoms with Gasteiger partial charge in [0.25, 0.3) is 0 Å². The molecule has 102 valence electrons. The molecule has 3 aliphatic rings. The van der Waals surface area contributed by atoms with Crippen molar-refractivity contribution in [1.29, 1.82) is 0 Å². The quantitative estimate of drug-likeness (QED) is 0.641. The molecule has 0 amide bonds. The van der Waals surface area contributed by atoms with Crippen LogP contribution in [0.4, 0.5) is 0 Å². The second-order valence-corrected chi connectivity index (χ2v) is 6.25. The van der Waals surface area contributed by atoms with Crippen LogP contribution in [0.25, 0.3) is 0 Å². The summed E-state index contributed by atoms with van der Waals surface area (Å²) in [5, 5.41) is 20.4. The highest BCUT2D eigenvalue weighted by atomic mass is 16.7. The predicted molar refractivity (Wildman–Crippen MR) is 65.9 cm³/mol. The fourth-order valence-electron chi connectivity index (χ4n) is 3.79. The van der Waals surface area contributed by atoms with Crippen molar-refractivity contribution in [2.24, 2.45) is 5.41 Å². The van der Waals surface area contributed by atoms with E-state index in [4.69, 9.17) is 9.47 Å². The van der Waals surface area contributed by atoms with Gasteiger partial charge in [-0.25, -0.2) is 0 Å². The third kappa shape index (κ3) is 1.53. The first-order valence-electron chi connectivity index (χ1n) is 6.80. The molecule has 1 aliphatic heterocycles. The Morgan fingerprint density at radius 2 is 1.94 bits per heavy atom. The van der Waals surface area contributed by atoms with Crippen LogP contribution in [0.15, 0.2) is 11.6 Å². The monoisotopic (exact) mass is 254 g/mol. The molecule has 3 atom stereocenters. The van der Waals surface area contributed by atoms with Crippen LogP contribution < -0.4 is 0 Å². The van der Waals surface area contributed by atoms with Crippen LogP contribution in [0.1, 0.15) is 39.5 Å². The highest BCUT2D eigenvalue weighted by Gasteiger charge is 2.60. The van der Waals surface area contributed by atoms with E-state index in [1.807, 2.05) is 6.08 Å². The molecule has 1 saturated heterocycles. The lowest BCUT2D eigenvalue weighted by atomic mass is 9.59. The SMILES string of the molecule is CC1(O)C=C2CCCC3(OCCO3)[C@@]2(C)CC1O. The molecule has 0 radical (unpaired) electrons. The molecule has 4 heteroatoms. The Balaban J connectivity index is 2.05. The molecular formula is C14H22O4. The van der Waals surface area contributed by atoms with Crippen LogP contribution in [0.5, 0.6) is 0 Å². The van der Waals surface area contributed by atoms with Crippen molar-refractivity contribution in [2.75, 3.05) is 13.2 Å². The Labute approximate surface area is 108 Å². The predicted octanol–water partition coefficient (Wildman–Crippen LogP) is 1.36. The number of hydrogen-bond acceptors (Lipinski definition) is 4. The van der Waals surface area contributed by atoms with E-state index in [9.17, 15) is 10.2 Å². The minimum atomic E-state index is -1.13. The summed E-state index contributed by atoms with van der Waals surface area (Å²) in [6.07, 6.45) is 4.38. The summed E-state index contributed by atoms with van der Waals surface area (Å²) in [4.78, 5) is 0. The summed E-state index contributed by atoms with van der Waals surface area (Å²) in [5.74, 6) is -0.589. The summed E-state index contributed by atoms with van der Waals surface area (Å²) in [7, 11) is 0. The zero-order chi connectivity index (χ0) is 13.0. The van der Waals surface area contributed by atoms with Crippen molar-refractivity contribution >= 4 is 0 Å². The fraction of sp³-hybridized carbons (Fsp3) is 0.857. The van der Waals surface area contributed by atoms with Crippen LogP contribution >= 0.6 is 0 Å². The van der Waals surface area contributed by atoms with E-state index in [0.29, 0.717) is 19.6 Å². The van der Waals surface area contributed by atoms with Crippen molar-refractivity contribution in [3.8, 4) is 0 Å². The molecule has 1 saturated carbocycles. The molecule has 18 heavy (non-hydrogen) atoms. The van der Waals surface area contributed by atoms with Crippen LogP contribution in [0, 0.1) is 5.41 Å². The molecule has 4 nitrogen and oxygen atoms in total. The Hall–Kier alpha value is -0.420. The van der Waals surface area contributed by atoms with Crippen LogP contribution in [-0.4, -0.2) is 40.9 Å². The molecule has 0 bridgehead atoms.